The molecule has 118 valence electrons. The molecule has 0 aliphatic rings. The highest BCUT2D eigenvalue weighted by Gasteiger charge is 2.51. The monoisotopic (exact) mass is 316 g/mol. The van der Waals surface area contributed by atoms with Crippen LogP contribution in [-0.2, 0) is 6.18 Å². The number of hydrogen-bond acceptors (Lipinski definition) is 2. The topological polar surface area (TPSA) is 46.5 Å². The van der Waals surface area contributed by atoms with E-state index in [-0.39, 0.29) is 6.07 Å². The number of alkyl halides is 6. The molecule has 1 rings (SSSR count). The first-order valence-corrected chi connectivity index (χ1v) is 5.46. The second-order valence-electron chi connectivity index (χ2n) is 4.62. The Bertz CT molecular complexity index is 545. The summed E-state index contributed by atoms with van der Waals surface area (Å²) >= 11 is 0. The van der Waals surface area contributed by atoms with Crippen LogP contribution in [0.25, 0.3) is 0 Å². The zero-order chi connectivity index (χ0) is 16.6. The predicted molar refractivity (Wildman–Crippen MR) is 59.2 cm³/mol. The van der Waals surface area contributed by atoms with Crippen molar-refractivity contribution >= 4 is 5.97 Å². The molecule has 0 saturated heterocycles. The Balaban J connectivity index is 3.34. The highest BCUT2D eigenvalue weighted by atomic mass is 19.4. The molecule has 0 spiro atoms. The smallest absolute Gasteiger partial charge is 0.427 e. The quantitative estimate of drug-likeness (QED) is 0.853. The Labute approximate surface area is 115 Å². The van der Waals surface area contributed by atoms with Crippen LogP contribution < -0.4 is 4.74 Å². The third kappa shape index (κ3) is 3.79. The Hall–Kier alpha value is -1.93. The Kier molecular flexibility index (Phi) is 4.17. The van der Waals surface area contributed by atoms with Gasteiger partial charge in [0.15, 0.2) is 5.60 Å². The molecule has 1 N–H and O–H groups in total. The van der Waals surface area contributed by atoms with Crippen LogP contribution in [0.1, 0.15) is 29.8 Å². The summed E-state index contributed by atoms with van der Waals surface area (Å²) in [5, 5.41) is 8.64. The normalized spacial score (nSPS) is 13.1. The van der Waals surface area contributed by atoms with Crippen LogP contribution in [0.2, 0.25) is 0 Å². The number of halogens is 6. The van der Waals surface area contributed by atoms with Crippen molar-refractivity contribution in [1.82, 2.24) is 0 Å². The van der Waals surface area contributed by atoms with E-state index in [1.54, 1.807) is 0 Å². The first-order chi connectivity index (χ1) is 9.25. The number of aromatic carboxylic acids is 1. The average molecular weight is 316 g/mol. The summed E-state index contributed by atoms with van der Waals surface area (Å²) in [7, 11) is 0. The summed E-state index contributed by atoms with van der Waals surface area (Å²) in [6, 6.07) is 1.52. The zero-order valence-corrected chi connectivity index (χ0v) is 10.8. The third-order valence-electron chi connectivity index (χ3n) is 2.58. The van der Waals surface area contributed by atoms with Gasteiger partial charge in [-0.1, -0.05) is 0 Å². The second kappa shape index (κ2) is 5.12. The molecule has 21 heavy (non-hydrogen) atoms. The molecular weight excluding hydrogens is 306 g/mol. The lowest BCUT2D eigenvalue weighted by Crippen LogP contribution is -2.45. The van der Waals surface area contributed by atoms with Gasteiger partial charge in [-0.3, -0.25) is 0 Å². The fraction of sp³-hybridized carbons (Fsp3) is 0.417. The molecule has 3 nitrogen and oxygen atoms in total. The summed E-state index contributed by atoms with van der Waals surface area (Å²) in [4.78, 5) is 10.6. The van der Waals surface area contributed by atoms with E-state index in [1.807, 2.05) is 0 Å². The first kappa shape index (κ1) is 17.1. The lowest BCUT2D eigenvalue weighted by molar-refractivity contribution is -0.236. The molecule has 0 aliphatic heterocycles. The maximum Gasteiger partial charge on any atom is 0.427 e. The van der Waals surface area contributed by atoms with Crippen LogP contribution in [0.4, 0.5) is 26.3 Å². The van der Waals surface area contributed by atoms with Crippen LogP contribution in [0.3, 0.4) is 0 Å². The summed E-state index contributed by atoms with van der Waals surface area (Å²) < 4.78 is 80.8. The number of ether oxygens (including phenoxy) is 1. The SMILES string of the molecule is CC(C)(Oc1ccc(C(=O)O)cc1C(F)(F)F)C(F)(F)F. The lowest BCUT2D eigenvalue weighted by Gasteiger charge is -2.30. The van der Waals surface area contributed by atoms with Gasteiger partial charge in [0.2, 0.25) is 0 Å². The van der Waals surface area contributed by atoms with Gasteiger partial charge in [0.1, 0.15) is 5.75 Å². The number of carboxylic acids is 1. The molecule has 0 fully saturated rings. The first-order valence-electron chi connectivity index (χ1n) is 5.46. The minimum absolute atomic E-state index is 0.226. The lowest BCUT2D eigenvalue weighted by atomic mass is 10.1. The maximum absolute atomic E-state index is 12.8. The summed E-state index contributed by atoms with van der Waals surface area (Å²) in [5.41, 5.74) is -5.16. The highest BCUT2D eigenvalue weighted by Crippen LogP contribution is 2.41. The van der Waals surface area contributed by atoms with Gasteiger partial charge in [0.25, 0.3) is 0 Å². The molecule has 1 aromatic rings. The summed E-state index contributed by atoms with van der Waals surface area (Å²) in [5.74, 6) is -2.73. The number of carbonyl (C=O) groups is 1. The van der Waals surface area contributed by atoms with Crippen molar-refractivity contribution in [3.63, 3.8) is 0 Å². The Morgan fingerprint density at radius 1 is 1.10 bits per heavy atom. The van der Waals surface area contributed by atoms with Gasteiger partial charge in [0, 0.05) is 0 Å². The van der Waals surface area contributed by atoms with Crippen LogP contribution in [-0.4, -0.2) is 22.9 Å². The minimum Gasteiger partial charge on any atom is -0.478 e. The molecule has 0 aliphatic carbocycles. The standard InChI is InChI=1S/C12H10F6O3/c1-10(2,12(16,17)18)21-8-4-3-6(9(19)20)5-7(8)11(13,14)15/h3-5H,1-2H3,(H,19,20). The number of rotatable bonds is 3. The predicted octanol–water partition coefficient (Wildman–Crippen LogP) is 4.12. The minimum atomic E-state index is -5.05. The van der Waals surface area contributed by atoms with Gasteiger partial charge < -0.3 is 9.84 Å². The van der Waals surface area contributed by atoms with E-state index in [9.17, 15) is 31.1 Å². The van der Waals surface area contributed by atoms with E-state index in [0.29, 0.717) is 19.9 Å². The number of hydrogen-bond donors (Lipinski definition) is 1. The number of carboxylic acid groups (broad SMARTS) is 1. The van der Waals surface area contributed by atoms with Crippen LogP contribution in [0, 0.1) is 0 Å². The van der Waals surface area contributed by atoms with Gasteiger partial charge in [-0.05, 0) is 32.0 Å². The van der Waals surface area contributed by atoms with Crippen LogP contribution in [0.5, 0.6) is 5.75 Å². The summed E-state index contributed by atoms with van der Waals surface area (Å²) in [6.07, 6.45) is -9.95. The molecule has 0 unspecified atom stereocenters. The van der Waals surface area contributed by atoms with Crippen molar-refractivity contribution in [2.75, 3.05) is 0 Å². The molecule has 0 bridgehead atoms. The average Bonchev–Trinajstić information content (AvgIpc) is 2.25. The van der Waals surface area contributed by atoms with Crippen molar-refractivity contribution < 1.29 is 41.0 Å². The van der Waals surface area contributed by atoms with Crippen molar-refractivity contribution in [2.24, 2.45) is 0 Å². The fourth-order valence-corrected chi connectivity index (χ4v) is 1.31. The molecule has 0 saturated carbocycles. The zero-order valence-electron chi connectivity index (χ0n) is 10.8. The molecule has 1 aromatic carbocycles. The van der Waals surface area contributed by atoms with Crippen molar-refractivity contribution in [3.05, 3.63) is 29.3 Å². The van der Waals surface area contributed by atoms with Crippen molar-refractivity contribution in [2.45, 2.75) is 31.8 Å². The van der Waals surface area contributed by atoms with Gasteiger partial charge >= 0.3 is 18.3 Å². The van der Waals surface area contributed by atoms with E-state index in [4.69, 9.17) is 5.11 Å². The molecule has 9 heteroatoms. The van der Waals surface area contributed by atoms with Gasteiger partial charge in [-0.2, -0.15) is 26.3 Å². The van der Waals surface area contributed by atoms with Gasteiger partial charge in [-0.15, -0.1) is 0 Å². The van der Waals surface area contributed by atoms with Crippen molar-refractivity contribution in [3.8, 4) is 5.75 Å². The second-order valence-corrected chi connectivity index (χ2v) is 4.62. The van der Waals surface area contributed by atoms with Gasteiger partial charge in [0.05, 0.1) is 11.1 Å². The van der Waals surface area contributed by atoms with Gasteiger partial charge in [-0.25, -0.2) is 4.79 Å². The highest BCUT2D eigenvalue weighted by molar-refractivity contribution is 5.88. The molecule has 0 atom stereocenters. The van der Waals surface area contributed by atoms with E-state index in [1.165, 1.54) is 0 Å². The molecular formula is C12H10F6O3. The molecule has 0 radical (unpaired) electrons. The van der Waals surface area contributed by atoms with Crippen LogP contribution in [0.15, 0.2) is 18.2 Å². The molecule has 0 amide bonds. The van der Waals surface area contributed by atoms with E-state index < -0.39 is 40.8 Å². The summed E-state index contributed by atoms with van der Waals surface area (Å²) in [6.45, 7) is 1.14. The van der Waals surface area contributed by atoms with E-state index >= 15 is 0 Å². The molecule has 0 aromatic heterocycles. The largest absolute Gasteiger partial charge is 0.478 e. The van der Waals surface area contributed by atoms with E-state index in [0.717, 1.165) is 6.07 Å². The van der Waals surface area contributed by atoms with Crippen LogP contribution >= 0.6 is 0 Å². The number of benzene rings is 1. The Morgan fingerprint density at radius 3 is 2.00 bits per heavy atom. The Morgan fingerprint density at radius 2 is 1.62 bits per heavy atom. The van der Waals surface area contributed by atoms with Crippen molar-refractivity contribution in [1.29, 1.82) is 0 Å². The molecule has 0 heterocycles. The third-order valence-corrected chi connectivity index (χ3v) is 2.58. The fourth-order valence-electron chi connectivity index (χ4n) is 1.31. The maximum atomic E-state index is 12.8. The van der Waals surface area contributed by atoms with E-state index in [2.05, 4.69) is 4.74 Å².